The second kappa shape index (κ2) is 10.2. The van der Waals surface area contributed by atoms with Gasteiger partial charge in [0.25, 0.3) is 0 Å². The molecule has 0 aliphatic heterocycles. The lowest BCUT2D eigenvalue weighted by atomic mass is 10.1. The summed E-state index contributed by atoms with van der Waals surface area (Å²) in [6, 6.07) is 15.1. The summed E-state index contributed by atoms with van der Waals surface area (Å²) in [5, 5.41) is 0.803. The summed E-state index contributed by atoms with van der Waals surface area (Å²) in [4.78, 5) is 5.08. The van der Waals surface area contributed by atoms with Gasteiger partial charge in [-0.3, -0.25) is 0 Å². The summed E-state index contributed by atoms with van der Waals surface area (Å²) < 4.78 is 40.6. The van der Waals surface area contributed by atoms with Crippen LogP contribution < -0.4 is 4.74 Å². The Morgan fingerprint density at radius 3 is 2.56 bits per heavy atom. The second-order valence-corrected chi connectivity index (χ2v) is 10.8. The Morgan fingerprint density at radius 1 is 1.12 bits per heavy atom. The maximum Gasteiger partial charge on any atom is 0.243 e. The maximum atomic E-state index is 13.0. The third kappa shape index (κ3) is 4.87. The molecule has 0 amide bonds. The summed E-state index contributed by atoms with van der Waals surface area (Å²) in [5.74, 6) is 2.39. The van der Waals surface area contributed by atoms with E-state index in [0.717, 1.165) is 39.1 Å². The van der Waals surface area contributed by atoms with Crippen molar-refractivity contribution in [3.8, 4) is 5.75 Å². The maximum absolute atomic E-state index is 13.0. The van der Waals surface area contributed by atoms with E-state index in [1.54, 1.807) is 37.3 Å². The van der Waals surface area contributed by atoms with Crippen molar-refractivity contribution in [3.63, 3.8) is 0 Å². The Hall–Kier alpha value is -2.75. The topological polar surface area (TPSA) is 77.6 Å². The third-order valence-corrected chi connectivity index (χ3v) is 8.84. The summed E-state index contributed by atoms with van der Waals surface area (Å²) in [6.45, 7) is 7.06. The first-order chi connectivity index (χ1) is 16.4. The molecule has 9 heteroatoms. The highest BCUT2D eigenvalue weighted by atomic mass is 32.2. The van der Waals surface area contributed by atoms with Gasteiger partial charge >= 0.3 is 0 Å². The van der Waals surface area contributed by atoms with Gasteiger partial charge in [-0.2, -0.15) is 4.31 Å². The number of methoxy groups -OCH3 is 1. The molecule has 0 aliphatic carbocycles. The second-order valence-electron chi connectivity index (χ2n) is 7.89. The minimum absolute atomic E-state index is 0.258. The van der Waals surface area contributed by atoms with E-state index in [-0.39, 0.29) is 4.90 Å². The molecule has 180 valence electrons. The van der Waals surface area contributed by atoms with Gasteiger partial charge in [0.05, 0.1) is 35.8 Å². The highest BCUT2D eigenvalue weighted by molar-refractivity contribution is 7.98. The Morgan fingerprint density at radius 2 is 1.91 bits per heavy atom. The van der Waals surface area contributed by atoms with Gasteiger partial charge in [0.2, 0.25) is 10.0 Å². The van der Waals surface area contributed by atoms with E-state index in [0.29, 0.717) is 25.2 Å². The quantitative estimate of drug-likeness (QED) is 0.275. The monoisotopic (exact) mass is 499 g/mol. The van der Waals surface area contributed by atoms with Crippen LogP contribution >= 0.6 is 11.8 Å². The number of benzene rings is 2. The van der Waals surface area contributed by atoms with Gasteiger partial charge in [-0.25, -0.2) is 13.4 Å². The van der Waals surface area contributed by atoms with Crippen LogP contribution in [0.2, 0.25) is 0 Å². The van der Waals surface area contributed by atoms with Crippen molar-refractivity contribution in [3.05, 3.63) is 71.7 Å². The Labute approximate surface area is 204 Å². The smallest absolute Gasteiger partial charge is 0.243 e. The van der Waals surface area contributed by atoms with Gasteiger partial charge in [-0.15, -0.1) is 0 Å². The van der Waals surface area contributed by atoms with E-state index in [2.05, 4.69) is 10.6 Å². The van der Waals surface area contributed by atoms with Crippen molar-refractivity contribution < 1.29 is 17.6 Å². The van der Waals surface area contributed by atoms with Crippen molar-refractivity contribution in [2.45, 2.75) is 43.1 Å². The molecule has 0 fully saturated rings. The van der Waals surface area contributed by atoms with Crippen LogP contribution in [0.5, 0.6) is 5.75 Å². The Bertz CT molecular complexity index is 1370. The highest BCUT2D eigenvalue weighted by Gasteiger charge is 2.23. The van der Waals surface area contributed by atoms with Crippen LogP contribution in [0.3, 0.4) is 0 Å². The molecule has 0 atom stereocenters. The molecule has 4 rings (SSSR count). The molecule has 0 unspecified atom stereocenters. The minimum atomic E-state index is -3.57. The van der Waals surface area contributed by atoms with Crippen molar-refractivity contribution in [2.24, 2.45) is 0 Å². The summed E-state index contributed by atoms with van der Waals surface area (Å²) >= 11 is 1.61. The first kappa shape index (κ1) is 24.4. The van der Waals surface area contributed by atoms with Gasteiger partial charge in [0.1, 0.15) is 11.5 Å². The van der Waals surface area contributed by atoms with Crippen molar-refractivity contribution in [2.75, 3.05) is 20.2 Å². The first-order valence-electron chi connectivity index (χ1n) is 11.2. The largest absolute Gasteiger partial charge is 0.496 e. The summed E-state index contributed by atoms with van der Waals surface area (Å²) in [6.07, 6.45) is 1.65. The van der Waals surface area contributed by atoms with Crippen LogP contribution in [0.15, 0.2) is 69.3 Å². The molecule has 34 heavy (non-hydrogen) atoms. The first-order valence-corrected chi connectivity index (χ1v) is 13.6. The molecule has 0 radical (unpaired) electrons. The molecule has 2 aromatic heterocycles. The van der Waals surface area contributed by atoms with E-state index < -0.39 is 10.0 Å². The predicted octanol–water partition coefficient (Wildman–Crippen LogP) is 5.32. The van der Waals surface area contributed by atoms with Crippen molar-refractivity contribution >= 4 is 32.8 Å². The molecule has 2 heterocycles. The SMILES string of the molecule is CCN(CC)S(=O)(=O)c1ccc2c(c1)nc(SCc1ccc(OC)c(C)c1)n2Cc1ccco1. The number of sulfonamides is 1. The van der Waals surface area contributed by atoms with Crippen molar-refractivity contribution in [1.82, 2.24) is 13.9 Å². The number of hydrogen-bond acceptors (Lipinski definition) is 6. The number of furan rings is 1. The van der Waals surface area contributed by atoms with Crippen LogP contribution in [0.4, 0.5) is 0 Å². The Kier molecular flexibility index (Phi) is 7.35. The van der Waals surface area contributed by atoms with Crippen LogP contribution in [0.25, 0.3) is 11.0 Å². The lowest BCUT2D eigenvalue weighted by molar-refractivity contribution is 0.411. The lowest BCUT2D eigenvalue weighted by Crippen LogP contribution is -2.30. The number of aryl methyl sites for hydroxylation is 1. The van der Waals surface area contributed by atoms with E-state index in [1.807, 2.05) is 51.1 Å². The van der Waals surface area contributed by atoms with E-state index in [1.165, 1.54) is 4.31 Å². The van der Waals surface area contributed by atoms with E-state index in [9.17, 15) is 8.42 Å². The molecule has 0 spiro atoms. The van der Waals surface area contributed by atoms with Crippen LogP contribution in [-0.2, 0) is 22.3 Å². The molecule has 2 aromatic carbocycles. The van der Waals surface area contributed by atoms with Crippen molar-refractivity contribution in [1.29, 1.82) is 0 Å². The van der Waals surface area contributed by atoms with Gasteiger partial charge in [-0.1, -0.05) is 37.7 Å². The molecule has 7 nitrogen and oxygen atoms in total. The molecule has 0 saturated heterocycles. The number of hydrogen-bond donors (Lipinski definition) is 0. The zero-order valence-electron chi connectivity index (χ0n) is 19.8. The molecule has 4 aromatic rings. The zero-order valence-corrected chi connectivity index (χ0v) is 21.4. The Balaban J connectivity index is 1.71. The van der Waals surface area contributed by atoms with E-state index in [4.69, 9.17) is 14.1 Å². The third-order valence-electron chi connectivity index (χ3n) is 5.75. The van der Waals surface area contributed by atoms with Crippen LogP contribution in [0, 0.1) is 6.92 Å². The molecular weight excluding hydrogens is 470 g/mol. The number of thioether (sulfide) groups is 1. The van der Waals surface area contributed by atoms with Crippen LogP contribution in [0.1, 0.15) is 30.7 Å². The van der Waals surface area contributed by atoms with Gasteiger partial charge in [0.15, 0.2) is 5.16 Å². The highest BCUT2D eigenvalue weighted by Crippen LogP contribution is 2.31. The molecule has 0 aliphatic rings. The minimum Gasteiger partial charge on any atom is -0.496 e. The fraction of sp³-hybridized carbons (Fsp3) is 0.320. The fourth-order valence-electron chi connectivity index (χ4n) is 3.96. The van der Waals surface area contributed by atoms with Gasteiger partial charge < -0.3 is 13.7 Å². The average molecular weight is 500 g/mol. The fourth-order valence-corrected chi connectivity index (χ4v) is 6.40. The molecule has 0 bridgehead atoms. The molecular formula is C25H29N3O4S2. The number of aromatic nitrogens is 2. The number of rotatable bonds is 10. The normalized spacial score (nSPS) is 12.0. The van der Waals surface area contributed by atoms with E-state index >= 15 is 0 Å². The van der Waals surface area contributed by atoms with Crippen LogP contribution in [-0.4, -0.2) is 42.5 Å². The number of nitrogens with zero attached hydrogens (tertiary/aromatic N) is 3. The summed E-state index contributed by atoms with van der Waals surface area (Å²) in [5.41, 5.74) is 3.75. The van der Waals surface area contributed by atoms with Gasteiger partial charge in [0, 0.05) is 18.8 Å². The summed E-state index contributed by atoms with van der Waals surface area (Å²) in [7, 11) is -1.90. The number of fused-ring (bicyclic) bond motifs is 1. The zero-order chi connectivity index (χ0) is 24.3. The average Bonchev–Trinajstić information content (AvgIpc) is 3.46. The van der Waals surface area contributed by atoms with Gasteiger partial charge in [-0.05, 0) is 54.4 Å². The molecule has 0 N–H and O–H groups in total. The predicted molar refractivity (Wildman–Crippen MR) is 135 cm³/mol. The standard InChI is InChI=1S/C25H29N3O4S2/c1-5-27(6-2)34(29,30)21-10-11-23-22(15-21)26-25(28(23)16-20-8-7-13-32-20)33-17-19-9-12-24(31-4)18(3)14-19/h7-15H,5-6,16-17H2,1-4H3. The number of imidazole rings is 1. The lowest BCUT2D eigenvalue weighted by Gasteiger charge is -2.18. The number of ether oxygens (including phenoxy) is 1. The molecule has 0 saturated carbocycles.